The molecule has 0 spiro atoms. The number of hydrogen-bond donors (Lipinski definition) is 1. The van der Waals surface area contributed by atoms with Crippen molar-refractivity contribution in [3.8, 4) is 0 Å². The van der Waals surface area contributed by atoms with Crippen molar-refractivity contribution in [2.75, 3.05) is 0 Å². The van der Waals surface area contributed by atoms with Crippen molar-refractivity contribution in [2.45, 2.75) is 30.7 Å². The van der Waals surface area contributed by atoms with Gasteiger partial charge >= 0.3 is 0 Å². The van der Waals surface area contributed by atoms with Gasteiger partial charge in [-0.15, -0.1) is 0 Å². The number of carbonyl (C=O) groups is 1. The minimum Gasteiger partial charge on any atom is -0.294 e. The Kier molecular flexibility index (Phi) is 5.91. The second kappa shape index (κ2) is 8.46. The average Bonchev–Trinajstić information content (AvgIpc) is 2.74. The van der Waals surface area contributed by atoms with Crippen molar-refractivity contribution in [1.82, 2.24) is 4.72 Å². The lowest BCUT2D eigenvalue weighted by Crippen LogP contribution is -2.39. The van der Waals surface area contributed by atoms with Crippen LogP contribution >= 0.6 is 15.9 Å². The molecule has 0 heterocycles. The van der Waals surface area contributed by atoms with Crippen LogP contribution in [0.15, 0.2) is 82.2 Å². The molecule has 1 N–H and O–H groups in total. The Balaban J connectivity index is 1.73. The molecule has 4 nitrogen and oxygen atoms in total. The highest BCUT2D eigenvalue weighted by molar-refractivity contribution is 9.10. The Hall–Kier alpha value is -2.28. The van der Waals surface area contributed by atoms with Crippen LogP contribution in [0.5, 0.6) is 0 Å². The average molecular weight is 484 g/mol. The normalized spacial score (nSPS) is 17.4. The van der Waals surface area contributed by atoms with Crippen molar-refractivity contribution in [1.29, 1.82) is 0 Å². The number of halogens is 1. The monoisotopic (exact) mass is 483 g/mol. The minimum atomic E-state index is -3.80. The van der Waals surface area contributed by atoms with Crippen LogP contribution in [0.4, 0.5) is 0 Å². The highest BCUT2D eigenvalue weighted by Crippen LogP contribution is 2.35. The van der Waals surface area contributed by atoms with E-state index in [0.717, 1.165) is 27.6 Å². The molecular formula is C24H22BrNO3S. The molecule has 154 valence electrons. The van der Waals surface area contributed by atoms with Gasteiger partial charge < -0.3 is 0 Å². The molecule has 0 aliphatic heterocycles. The minimum absolute atomic E-state index is 0.0172. The number of rotatable bonds is 5. The van der Waals surface area contributed by atoms with Gasteiger partial charge in [0.05, 0.1) is 10.9 Å². The zero-order valence-corrected chi connectivity index (χ0v) is 18.9. The van der Waals surface area contributed by atoms with Crippen molar-refractivity contribution in [2.24, 2.45) is 5.92 Å². The molecule has 4 rings (SSSR count). The van der Waals surface area contributed by atoms with Gasteiger partial charge in [-0.1, -0.05) is 70.0 Å². The van der Waals surface area contributed by atoms with Gasteiger partial charge in [-0.05, 0) is 55.2 Å². The maximum absolute atomic E-state index is 13.3. The molecule has 6 heteroatoms. The van der Waals surface area contributed by atoms with Crippen molar-refractivity contribution in [3.05, 3.63) is 99.5 Å². The lowest BCUT2D eigenvalue weighted by molar-refractivity contribution is 0.0875. The smallest absolute Gasteiger partial charge is 0.241 e. The molecule has 0 saturated heterocycles. The first-order chi connectivity index (χ1) is 14.3. The molecule has 0 bridgehead atoms. The quantitative estimate of drug-likeness (QED) is 0.540. The molecule has 0 aromatic heterocycles. The van der Waals surface area contributed by atoms with Crippen LogP contribution in [0.25, 0.3) is 0 Å². The molecule has 1 aliphatic carbocycles. The molecular weight excluding hydrogens is 462 g/mol. The summed E-state index contributed by atoms with van der Waals surface area (Å²) in [4.78, 5) is 13.5. The van der Waals surface area contributed by atoms with Crippen LogP contribution in [0.2, 0.25) is 0 Å². The van der Waals surface area contributed by atoms with Crippen LogP contribution in [-0.4, -0.2) is 14.2 Å². The number of carbonyl (C=O) groups excluding carboxylic acids is 1. The van der Waals surface area contributed by atoms with Crippen molar-refractivity contribution < 1.29 is 13.2 Å². The van der Waals surface area contributed by atoms with E-state index in [1.165, 1.54) is 0 Å². The molecule has 0 amide bonds. The number of Topliss-reactive ketones (excluding diaryl/α,β-unsaturated/α-hetero) is 1. The van der Waals surface area contributed by atoms with Gasteiger partial charge in [0, 0.05) is 16.0 Å². The van der Waals surface area contributed by atoms with Crippen LogP contribution in [-0.2, 0) is 16.4 Å². The predicted octanol–water partition coefficient (Wildman–Crippen LogP) is 5.22. The molecule has 0 unspecified atom stereocenters. The summed E-state index contributed by atoms with van der Waals surface area (Å²) in [5.41, 5.74) is 3.46. The first-order valence-electron chi connectivity index (χ1n) is 9.82. The molecule has 0 fully saturated rings. The molecule has 3 aromatic rings. The molecule has 0 saturated carbocycles. The third-order valence-corrected chi connectivity index (χ3v) is 7.57. The highest BCUT2D eigenvalue weighted by atomic mass is 79.9. The van der Waals surface area contributed by atoms with Gasteiger partial charge in [0.2, 0.25) is 10.0 Å². The summed E-state index contributed by atoms with van der Waals surface area (Å²) in [6.07, 6.45) is 1.33. The number of nitrogens with one attached hydrogen (secondary N) is 1. The fourth-order valence-corrected chi connectivity index (χ4v) is 5.47. The number of fused-ring (bicyclic) bond motifs is 1. The highest BCUT2D eigenvalue weighted by Gasteiger charge is 2.36. The third-order valence-electron chi connectivity index (χ3n) is 5.59. The van der Waals surface area contributed by atoms with E-state index in [1.807, 2.05) is 55.5 Å². The first-order valence-corrected chi connectivity index (χ1v) is 12.1. The lowest BCUT2D eigenvalue weighted by Gasteiger charge is -2.31. The number of sulfonamides is 1. The lowest BCUT2D eigenvalue weighted by atomic mass is 9.77. The van der Waals surface area contributed by atoms with Gasteiger partial charge in [0.25, 0.3) is 0 Å². The number of benzene rings is 3. The molecule has 30 heavy (non-hydrogen) atoms. The zero-order valence-electron chi connectivity index (χ0n) is 16.5. The van der Waals surface area contributed by atoms with E-state index in [-0.39, 0.29) is 10.7 Å². The van der Waals surface area contributed by atoms with Gasteiger partial charge in [-0.3, -0.25) is 4.79 Å². The second-order valence-electron chi connectivity index (χ2n) is 7.63. The number of ketones is 1. The van der Waals surface area contributed by atoms with Gasteiger partial charge in [0.15, 0.2) is 5.78 Å². The summed E-state index contributed by atoms with van der Waals surface area (Å²) < 4.78 is 30.0. The Morgan fingerprint density at radius 1 is 0.967 bits per heavy atom. The standard InChI is InChI=1S/C24H22BrNO3S/c1-16-6-13-20(14-7-16)30(28,29)26-23(18-8-11-19(25)12-9-18)22-15-10-17-4-2-3-5-21(17)24(22)27/h2-9,11-14,22-23,26H,10,15H2,1H3/t22-,23+/m0/s1. The topological polar surface area (TPSA) is 63.2 Å². The fraction of sp³-hybridized carbons (Fsp3) is 0.208. The van der Waals surface area contributed by atoms with Crippen molar-refractivity contribution in [3.63, 3.8) is 0 Å². The van der Waals surface area contributed by atoms with Gasteiger partial charge in [-0.25, -0.2) is 13.1 Å². The summed E-state index contributed by atoms with van der Waals surface area (Å²) in [5, 5.41) is 0. The summed E-state index contributed by atoms with van der Waals surface area (Å²) in [6, 6.07) is 21.1. The van der Waals surface area contributed by atoms with Crippen LogP contribution in [0.3, 0.4) is 0 Å². The predicted molar refractivity (Wildman–Crippen MR) is 121 cm³/mol. The van der Waals surface area contributed by atoms with Gasteiger partial charge in [-0.2, -0.15) is 0 Å². The van der Waals surface area contributed by atoms with Crippen LogP contribution < -0.4 is 4.72 Å². The van der Waals surface area contributed by atoms with Crippen molar-refractivity contribution >= 4 is 31.7 Å². The maximum atomic E-state index is 13.3. The third kappa shape index (κ3) is 4.26. The van der Waals surface area contributed by atoms with E-state index < -0.39 is 22.0 Å². The fourth-order valence-electron chi connectivity index (χ4n) is 3.94. The SMILES string of the molecule is Cc1ccc(S(=O)(=O)N[C@H](c2ccc(Br)cc2)[C@@H]2CCc3ccccc3C2=O)cc1. The molecule has 3 aromatic carbocycles. The summed E-state index contributed by atoms with van der Waals surface area (Å²) in [5.74, 6) is -0.488. The molecule has 0 radical (unpaired) electrons. The zero-order chi connectivity index (χ0) is 21.3. The van der Waals surface area contributed by atoms with E-state index >= 15 is 0 Å². The summed E-state index contributed by atoms with van der Waals surface area (Å²) >= 11 is 3.42. The van der Waals surface area contributed by atoms with Crippen LogP contribution in [0, 0.1) is 12.8 Å². The van der Waals surface area contributed by atoms with E-state index in [0.29, 0.717) is 12.0 Å². The van der Waals surface area contributed by atoms with Crippen LogP contribution in [0.1, 0.15) is 39.5 Å². The number of hydrogen-bond acceptors (Lipinski definition) is 3. The van der Waals surface area contributed by atoms with E-state index in [1.54, 1.807) is 24.3 Å². The first kappa shape index (κ1) is 21.0. The molecule has 2 atom stereocenters. The maximum Gasteiger partial charge on any atom is 0.241 e. The van der Waals surface area contributed by atoms with E-state index in [9.17, 15) is 13.2 Å². The Morgan fingerprint density at radius 2 is 1.63 bits per heavy atom. The number of aryl methyl sites for hydroxylation is 2. The summed E-state index contributed by atoms with van der Waals surface area (Å²) in [6.45, 7) is 1.91. The van der Waals surface area contributed by atoms with E-state index in [2.05, 4.69) is 20.7 Å². The molecule has 1 aliphatic rings. The summed E-state index contributed by atoms with van der Waals surface area (Å²) in [7, 11) is -3.80. The second-order valence-corrected chi connectivity index (χ2v) is 10.3. The Bertz CT molecular complexity index is 1170. The largest absolute Gasteiger partial charge is 0.294 e. The van der Waals surface area contributed by atoms with Gasteiger partial charge in [0.1, 0.15) is 0 Å². The Morgan fingerprint density at radius 3 is 2.33 bits per heavy atom. The Labute approximate surface area is 185 Å². The van der Waals surface area contributed by atoms with E-state index in [4.69, 9.17) is 0 Å².